The molecule has 2 aliphatic heterocycles. The van der Waals surface area contributed by atoms with E-state index in [-0.39, 0.29) is 0 Å². The molecule has 0 aliphatic carbocycles. The molecular weight excluding hydrogens is 200 g/mol. The molecule has 2 rings (SSSR count). The lowest BCUT2D eigenvalue weighted by atomic mass is 10.1. The molecule has 0 bridgehead atoms. The summed E-state index contributed by atoms with van der Waals surface area (Å²) in [4.78, 5) is 0. The van der Waals surface area contributed by atoms with Crippen molar-refractivity contribution < 1.29 is 9.47 Å². The van der Waals surface area contributed by atoms with Gasteiger partial charge in [-0.1, -0.05) is 38.2 Å². The van der Waals surface area contributed by atoms with Crippen LogP contribution in [-0.4, -0.2) is 25.4 Å². The molecule has 2 heterocycles. The summed E-state index contributed by atoms with van der Waals surface area (Å²) >= 11 is 0. The monoisotopic (exact) mass is 224 g/mol. The highest BCUT2D eigenvalue weighted by molar-refractivity contribution is 4.95. The fourth-order valence-corrected chi connectivity index (χ4v) is 1.52. The van der Waals surface area contributed by atoms with Gasteiger partial charge in [0, 0.05) is 0 Å². The molecule has 4 atom stereocenters. The molecule has 0 saturated heterocycles. The molecule has 16 heavy (non-hydrogen) atoms. The normalized spacial score (nSPS) is 37.8. The summed E-state index contributed by atoms with van der Waals surface area (Å²) in [5, 5.41) is 0. The van der Waals surface area contributed by atoms with E-state index in [1.807, 2.05) is 0 Å². The third kappa shape index (κ3) is 5.47. The Hall–Kier alpha value is -0.600. The van der Waals surface area contributed by atoms with Gasteiger partial charge in [-0.2, -0.15) is 0 Å². The first kappa shape index (κ1) is 13.5. The van der Waals surface area contributed by atoms with Gasteiger partial charge in [-0.05, 0) is 25.7 Å². The van der Waals surface area contributed by atoms with E-state index in [4.69, 9.17) is 9.47 Å². The van der Waals surface area contributed by atoms with Crippen LogP contribution in [0.25, 0.3) is 0 Å². The van der Waals surface area contributed by atoms with E-state index >= 15 is 0 Å². The number of rotatable bonds is 0. The number of hydrogen-bond donors (Lipinski definition) is 0. The Morgan fingerprint density at radius 2 is 1.06 bits per heavy atom. The summed E-state index contributed by atoms with van der Waals surface area (Å²) < 4.78 is 10.6. The fraction of sp³-hybridized carbons (Fsp3) is 0.714. The van der Waals surface area contributed by atoms with E-state index in [0.29, 0.717) is 24.0 Å². The van der Waals surface area contributed by atoms with Crippen molar-refractivity contribution in [2.45, 2.75) is 39.9 Å². The van der Waals surface area contributed by atoms with Crippen LogP contribution in [0, 0.1) is 11.8 Å². The van der Waals surface area contributed by atoms with Crippen molar-refractivity contribution in [1.82, 2.24) is 0 Å². The molecular formula is C14H24O2. The van der Waals surface area contributed by atoms with Gasteiger partial charge in [0.2, 0.25) is 0 Å². The van der Waals surface area contributed by atoms with E-state index < -0.39 is 0 Å². The maximum Gasteiger partial charge on any atom is 0.0728 e. The van der Waals surface area contributed by atoms with Gasteiger partial charge in [0.1, 0.15) is 0 Å². The van der Waals surface area contributed by atoms with Gasteiger partial charge in [-0.15, -0.1) is 0 Å². The standard InChI is InChI=1S/2C7H12O/c2*1-6-3-4-7(2)8-5-6/h2*3-4,6-7H,5H2,1-2H3. The molecule has 0 aromatic rings. The number of hydrogen-bond acceptors (Lipinski definition) is 2. The van der Waals surface area contributed by atoms with Crippen LogP contribution in [-0.2, 0) is 9.47 Å². The third-order valence-electron chi connectivity index (χ3n) is 2.67. The van der Waals surface area contributed by atoms with Crippen LogP contribution in [0.1, 0.15) is 27.7 Å². The Morgan fingerprint density at radius 1 is 0.688 bits per heavy atom. The first-order valence-electron chi connectivity index (χ1n) is 6.17. The van der Waals surface area contributed by atoms with E-state index in [9.17, 15) is 0 Å². The van der Waals surface area contributed by atoms with E-state index in [0.717, 1.165) is 13.2 Å². The summed E-state index contributed by atoms with van der Waals surface area (Å²) in [6.07, 6.45) is 9.29. The minimum atomic E-state index is 0.339. The summed E-state index contributed by atoms with van der Waals surface area (Å²) in [5.41, 5.74) is 0. The molecule has 0 radical (unpaired) electrons. The zero-order valence-electron chi connectivity index (χ0n) is 10.8. The molecule has 0 aromatic carbocycles. The zero-order valence-corrected chi connectivity index (χ0v) is 10.8. The highest BCUT2D eigenvalue weighted by Crippen LogP contribution is 2.09. The predicted molar refractivity (Wildman–Crippen MR) is 67.4 cm³/mol. The van der Waals surface area contributed by atoms with Crippen LogP contribution in [0.4, 0.5) is 0 Å². The zero-order chi connectivity index (χ0) is 12.0. The Balaban J connectivity index is 0.000000160. The van der Waals surface area contributed by atoms with Gasteiger partial charge < -0.3 is 9.47 Å². The molecule has 0 amide bonds. The molecule has 92 valence electrons. The molecule has 2 nitrogen and oxygen atoms in total. The van der Waals surface area contributed by atoms with Gasteiger partial charge in [0.25, 0.3) is 0 Å². The van der Waals surface area contributed by atoms with Crippen LogP contribution in [0.2, 0.25) is 0 Å². The Kier molecular flexibility index (Phi) is 5.78. The maximum absolute atomic E-state index is 5.30. The highest BCUT2D eigenvalue weighted by atomic mass is 16.5. The lowest BCUT2D eigenvalue weighted by Crippen LogP contribution is -2.15. The third-order valence-corrected chi connectivity index (χ3v) is 2.67. The minimum absolute atomic E-state index is 0.339. The molecule has 0 fully saturated rings. The fourth-order valence-electron chi connectivity index (χ4n) is 1.52. The summed E-state index contributed by atoms with van der Waals surface area (Å²) in [5.74, 6) is 1.23. The maximum atomic E-state index is 5.30. The molecule has 4 unspecified atom stereocenters. The molecule has 0 aromatic heterocycles. The largest absolute Gasteiger partial charge is 0.374 e. The molecule has 0 N–H and O–H groups in total. The molecule has 0 spiro atoms. The summed E-state index contributed by atoms with van der Waals surface area (Å²) in [7, 11) is 0. The lowest BCUT2D eigenvalue weighted by Gasteiger charge is -2.17. The van der Waals surface area contributed by atoms with Crippen LogP contribution in [0.15, 0.2) is 24.3 Å². The second-order valence-corrected chi connectivity index (χ2v) is 4.80. The van der Waals surface area contributed by atoms with Crippen molar-refractivity contribution in [1.29, 1.82) is 0 Å². The SMILES string of the molecule is CC1C=CC(C)OC1.CC1C=CC(C)OC1. The Labute approximate surface area is 99.3 Å². The Morgan fingerprint density at radius 3 is 1.25 bits per heavy atom. The summed E-state index contributed by atoms with van der Waals surface area (Å²) in [6.45, 7) is 10.2. The topological polar surface area (TPSA) is 18.5 Å². The molecule has 2 aliphatic rings. The van der Waals surface area contributed by atoms with Crippen molar-refractivity contribution in [3.63, 3.8) is 0 Å². The van der Waals surface area contributed by atoms with E-state index in [1.54, 1.807) is 0 Å². The first-order valence-corrected chi connectivity index (χ1v) is 6.17. The predicted octanol–water partition coefficient (Wildman–Crippen LogP) is 3.19. The van der Waals surface area contributed by atoms with E-state index in [2.05, 4.69) is 52.0 Å². The Bertz CT molecular complexity index is 195. The average molecular weight is 224 g/mol. The van der Waals surface area contributed by atoms with Crippen molar-refractivity contribution in [2.75, 3.05) is 13.2 Å². The van der Waals surface area contributed by atoms with Crippen LogP contribution in [0.3, 0.4) is 0 Å². The minimum Gasteiger partial charge on any atom is -0.374 e. The van der Waals surface area contributed by atoms with Crippen molar-refractivity contribution in [2.24, 2.45) is 11.8 Å². The highest BCUT2D eigenvalue weighted by Gasteiger charge is 2.06. The molecule has 2 heteroatoms. The number of ether oxygens (including phenoxy) is 2. The first-order chi connectivity index (χ1) is 7.58. The van der Waals surface area contributed by atoms with Crippen molar-refractivity contribution >= 4 is 0 Å². The second-order valence-electron chi connectivity index (χ2n) is 4.80. The van der Waals surface area contributed by atoms with Crippen molar-refractivity contribution in [3.8, 4) is 0 Å². The van der Waals surface area contributed by atoms with Gasteiger partial charge in [-0.25, -0.2) is 0 Å². The van der Waals surface area contributed by atoms with Crippen LogP contribution < -0.4 is 0 Å². The molecule has 0 saturated carbocycles. The van der Waals surface area contributed by atoms with Crippen molar-refractivity contribution in [3.05, 3.63) is 24.3 Å². The smallest absolute Gasteiger partial charge is 0.0728 e. The quantitative estimate of drug-likeness (QED) is 0.588. The lowest BCUT2D eigenvalue weighted by molar-refractivity contribution is 0.0707. The van der Waals surface area contributed by atoms with Crippen LogP contribution >= 0.6 is 0 Å². The summed E-state index contributed by atoms with van der Waals surface area (Å²) in [6, 6.07) is 0. The van der Waals surface area contributed by atoms with Gasteiger partial charge in [0.15, 0.2) is 0 Å². The van der Waals surface area contributed by atoms with Crippen LogP contribution in [0.5, 0.6) is 0 Å². The van der Waals surface area contributed by atoms with Gasteiger partial charge in [0.05, 0.1) is 25.4 Å². The van der Waals surface area contributed by atoms with Gasteiger partial charge in [-0.3, -0.25) is 0 Å². The average Bonchev–Trinajstić information content (AvgIpc) is 2.28. The second kappa shape index (κ2) is 6.87. The van der Waals surface area contributed by atoms with E-state index in [1.165, 1.54) is 0 Å². The van der Waals surface area contributed by atoms with Gasteiger partial charge >= 0.3 is 0 Å².